The van der Waals surface area contributed by atoms with Gasteiger partial charge in [0.05, 0.1) is 17.6 Å². The van der Waals surface area contributed by atoms with Gasteiger partial charge < -0.3 is 20.3 Å². The number of carbonyl (C=O) groups is 1. The molecule has 4 N–H and O–H groups in total. The number of pyridine rings is 1. The number of H-pyrrole nitrogens is 1. The van der Waals surface area contributed by atoms with E-state index in [4.69, 9.17) is 0 Å². The number of nitrogens with zero attached hydrogens (tertiary/aromatic N) is 1. The van der Waals surface area contributed by atoms with E-state index in [1.54, 1.807) is 6.07 Å². The molecule has 1 unspecified atom stereocenters. The van der Waals surface area contributed by atoms with Gasteiger partial charge in [-0.3, -0.25) is 4.79 Å². The van der Waals surface area contributed by atoms with Crippen molar-refractivity contribution >= 4 is 44.9 Å². The highest BCUT2D eigenvalue weighted by Gasteiger charge is 2.22. The van der Waals surface area contributed by atoms with Crippen LogP contribution in [0.2, 0.25) is 0 Å². The number of aromatic nitrogens is 2. The van der Waals surface area contributed by atoms with Gasteiger partial charge in [-0.15, -0.1) is 0 Å². The molecular formula is C22H21F2N5O2S. The van der Waals surface area contributed by atoms with Crippen LogP contribution in [-0.4, -0.2) is 32.4 Å². The fourth-order valence-corrected chi connectivity index (χ4v) is 4.17. The number of rotatable bonds is 7. The minimum Gasteiger partial charge on any atom is -0.387 e. The highest BCUT2D eigenvalue weighted by Crippen LogP contribution is 2.25. The van der Waals surface area contributed by atoms with E-state index in [2.05, 4.69) is 25.3 Å². The first kappa shape index (κ1) is 21.7. The van der Waals surface area contributed by atoms with Crippen molar-refractivity contribution in [2.75, 3.05) is 22.3 Å². The number of halogens is 2. The molecule has 32 heavy (non-hydrogen) atoms. The van der Waals surface area contributed by atoms with Gasteiger partial charge in [0.25, 0.3) is 5.91 Å². The number of amides is 1. The average molecular weight is 458 g/mol. The van der Waals surface area contributed by atoms with Gasteiger partial charge in [0.1, 0.15) is 28.0 Å². The molecule has 10 heteroatoms. The third-order valence-corrected chi connectivity index (χ3v) is 6.04. The number of hydrogen-bond donors (Lipinski definition) is 4. The maximum absolute atomic E-state index is 14.8. The molecule has 0 aliphatic carbocycles. The van der Waals surface area contributed by atoms with Crippen LogP contribution in [0.15, 0.2) is 48.8 Å². The van der Waals surface area contributed by atoms with Gasteiger partial charge in [-0.05, 0) is 48.5 Å². The van der Waals surface area contributed by atoms with Gasteiger partial charge in [-0.25, -0.2) is 18.0 Å². The van der Waals surface area contributed by atoms with Crippen LogP contribution in [0.3, 0.4) is 0 Å². The van der Waals surface area contributed by atoms with E-state index < -0.39 is 34.1 Å². The fraction of sp³-hybridized carbons (Fsp3) is 0.182. The van der Waals surface area contributed by atoms with Crippen molar-refractivity contribution in [2.45, 2.75) is 13.3 Å². The van der Waals surface area contributed by atoms with Gasteiger partial charge in [0, 0.05) is 23.4 Å². The molecule has 0 saturated heterocycles. The summed E-state index contributed by atoms with van der Waals surface area (Å²) in [7, 11) is -1.53. The maximum atomic E-state index is 14.8. The zero-order chi connectivity index (χ0) is 22.7. The molecule has 3 aromatic rings. The molecule has 4 rings (SSSR count). The third kappa shape index (κ3) is 4.54. The Bertz CT molecular complexity index is 1270. The molecule has 1 aliphatic heterocycles. The second kappa shape index (κ2) is 9.31. The van der Waals surface area contributed by atoms with Gasteiger partial charge in [0.15, 0.2) is 5.82 Å². The highest BCUT2D eigenvalue weighted by atomic mass is 32.2. The Morgan fingerprint density at radius 1 is 1.28 bits per heavy atom. The summed E-state index contributed by atoms with van der Waals surface area (Å²) in [6, 6.07) is 5.64. The second-order valence-electron chi connectivity index (χ2n) is 7.17. The predicted octanol–water partition coefficient (Wildman–Crippen LogP) is 4.08. The lowest BCUT2D eigenvalue weighted by Gasteiger charge is -2.11. The largest absolute Gasteiger partial charge is 0.387 e. The first-order valence-electron chi connectivity index (χ1n) is 9.99. The van der Waals surface area contributed by atoms with Gasteiger partial charge in [-0.2, -0.15) is 0 Å². The Morgan fingerprint density at radius 3 is 2.88 bits per heavy atom. The summed E-state index contributed by atoms with van der Waals surface area (Å²) >= 11 is 0. The highest BCUT2D eigenvalue weighted by molar-refractivity contribution is 7.86. The zero-order valence-corrected chi connectivity index (χ0v) is 18.0. The van der Waals surface area contributed by atoms with Crippen LogP contribution in [0.4, 0.5) is 20.2 Å². The van der Waals surface area contributed by atoms with Crippen LogP contribution in [0.1, 0.15) is 29.4 Å². The first-order valence-corrected chi connectivity index (χ1v) is 11.3. The summed E-state index contributed by atoms with van der Waals surface area (Å²) in [6.07, 6.45) is 7.75. The summed E-state index contributed by atoms with van der Waals surface area (Å²) in [6.45, 7) is 2.50. The van der Waals surface area contributed by atoms with E-state index in [0.29, 0.717) is 24.4 Å². The average Bonchev–Trinajstić information content (AvgIpc) is 3.20. The van der Waals surface area contributed by atoms with Crippen molar-refractivity contribution < 1.29 is 17.8 Å². The van der Waals surface area contributed by atoms with Gasteiger partial charge in [0.2, 0.25) is 0 Å². The maximum Gasteiger partial charge on any atom is 0.261 e. The van der Waals surface area contributed by atoms with Crippen LogP contribution in [-0.2, 0) is 11.0 Å². The molecule has 1 atom stereocenters. The molecular weight excluding hydrogens is 436 g/mol. The van der Waals surface area contributed by atoms with Crippen LogP contribution < -0.4 is 15.4 Å². The SMILES string of the molecule is CCCS(=O)Nc1ccc(F)c(C(=O)Nc2cnc3[nH]c(C4=CC=CNC4)cc3c2)c1F. The van der Waals surface area contributed by atoms with Crippen molar-refractivity contribution in [2.24, 2.45) is 0 Å². The lowest BCUT2D eigenvalue weighted by molar-refractivity contribution is 0.101. The van der Waals surface area contributed by atoms with Crippen LogP contribution in [0, 0.1) is 11.6 Å². The van der Waals surface area contributed by atoms with E-state index in [1.807, 2.05) is 31.3 Å². The van der Waals surface area contributed by atoms with E-state index in [9.17, 15) is 17.8 Å². The summed E-state index contributed by atoms with van der Waals surface area (Å²) in [5, 5.41) is 6.35. The van der Waals surface area contributed by atoms with Crippen molar-refractivity contribution in [3.05, 3.63) is 71.7 Å². The number of dihydropyridines is 1. The molecule has 1 aromatic carbocycles. The number of anilines is 2. The Morgan fingerprint density at radius 2 is 2.12 bits per heavy atom. The molecule has 0 spiro atoms. The Hall–Kier alpha value is -3.53. The van der Waals surface area contributed by atoms with Crippen molar-refractivity contribution in [3.8, 4) is 0 Å². The monoisotopic (exact) mass is 457 g/mol. The van der Waals surface area contributed by atoms with Crippen molar-refractivity contribution in [1.29, 1.82) is 0 Å². The van der Waals surface area contributed by atoms with E-state index in [1.165, 1.54) is 6.20 Å². The third-order valence-electron chi connectivity index (χ3n) is 4.81. The van der Waals surface area contributed by atoms with Gasteiger partial charge >= 0.3 is 0 Å². The minimum absolute atomic E-state index is 0.199. The number of fused-ring (bicyclic) bond motifs is 1. The van der Waals surface area contributed by atoms with E-state index in [-0.39, 0.29) is 11.4 Å². The molecule has 3 heterocycles. The lowest BCUT2D eigenvalue weighted by Crippen LogP contribution is -2.18. The summed E-state index contributed by atoms with van der Waals surface area (Å²) in [4.78, 5) is 20.2. The molecule has 7 nitrogen and oxygen atoms in total. The molecule has 0 radical (unpaired) electrons. The minimum atomic E-state index is -1.53. The number of allylic oxidation sites excluding steroid dienone is 2. The summed E-state index contributed by atoms with van der Waals surface area (Å²) in [5.41, 5.74) is 1.87. The van der Waals surface area contributed by atoms with Crippen LogP contribution >= 0.6 is 0 Å². The molecule has 2 aromatic heterocycles. The zero-order valence-electron chi connectivity index (χ0n) is 17.2. The smallest absolute Gasteiger partial charge is 0.261 e. The van der Waals surface area contributed by atoms with Gasteiger partial charge in [-0.1, -0.05) is 13.0 Å². The topological polar surface area (TPSA) is 98.9 Å². The van der Waals surface area contributed by atoms with Crippen LogP contribution in [0.5, 0.6) is 0 Å². The number of aromatic amines is 1. The van der Waals surface area contributed by atoms with Crippen LogP contribution in [0.25, 0.3) is 16.6 Å². The lowest BCUT2D eigenvalue weighted by atomic mass is 10.1. The number of carbonyl (C=O) groups excluding carboxylic acids is 1. The Labute approximate surface area is 185 Å². The molecule has 0 saturated carbocycles. The number of nitrogens with one attached hydrogen (secondary N) is 4. The summed E-state index contributed by atoms with van der Waals surface area (Å²) < 4.78 is 43.5. The second-order valence-corrected chi connectivity index (χ2v) is 8.47. The quantitative estimate of drug-likeness (QED) is 0.430. The predicted molar refractivity (Wildman–Crippen MR) is 122 cm³/mol. The number of benzene rings is 1. The number of hydrogen-bond acceptors (Lipinski definition) is 4. The Balaban J connectivity index is 1.57. The van der Waals surface area contributed by atoms with Crippen molar-refractivity contribution in [3.63, 3.8) is 0 Å². The Kier molecular flexibility index (Phi) is 6.31. The summed E-state index contributed by atoms with van der Waals surface area (Å²) in [5.74, 6) is -2.79. The molecule has 0 fully saturated rings. The normalized spacial score (nSPS) is 14.0. The molecule has 166 valence electrons. The standard InChI is InChI=1S/C22H21F2N5O2S/c1-2-8-32(31)29-17-6-5-16(23)19(20(17)24)22(30)27-15-9-14-10-18(28-21(14)26-12-15)13-4-3-7-25-11-13/h3-7,9-10,12,25,29H,2,8,11H2,1H3,(H,26,28)(H,27,30). The molecule has 0 bridgehead atoms. The van der Waals surface area contributed by atoms with Crippen molar-refractivity contribution in [1.82, 2.24) is 15.3 Å². The molecule has 1 aliphatic rings. The first-order chi connectivity index (χ1) is 15.5. The van der Waals surface area contributed by atoms with E-state index in [0.717, 1.165) is 28.8 Å². The van der Waals surface area contributed by atoms with E-state index >= 15 is 0 Å². The molecule has 1 amide bonds. The fourth-order valence-electron chi connectivity index (χ4n) is 3.29.